The van der Waals surface area contributed by atoms with Crippen molar-refractivity contribution in [2.75, 3.05) is 5.32 Å². The Labute approximate surface area is 188 Å². The van der Waals surface area contributed by atoms with Crippen molar-refractivity contribution in [3.63, 3.8) is 0 Å². The second-order valence-electron chi connectivity index (χ2n) is 7.75. The molecule has 0 aliphatic carbocycles. The van der Waals surface area contributed by atoms with Gasteiger partial charge in [0.15, 0.2) is 0 Å². The molecule has 0 atom stereocenters. The van der Waals surface area contributed by atoms with Crippen LogP contribution in [0.2, 0.25) is 0 Å². The van der Waals surface area contributed by atoms with Gasteiger partial charge in [0.05, 0.1) is 11.4 Å². The van der Waals surface area contributed by atoms with Crippen LogP contribution in [0.4, 0.5) is 5.69 Å². The molecule has 32 heavy (non-hydrogen) atoms. The quantitative estimate of drug-likeness (QED) is 0.368. The molecule has 4 rings (SSSR count). The summed E-state index contributed by atoms with van der Waals surface area (Å²) < 4.78 is 7.74. The van der Waals surface area contributed by atoms with Gasteiger partial charge >= 0.3 is 0 Å². The van der Waals surface area contributed by atoms with Crippen molar-refractivity contribution in [2.24, 2.45) is 0 Å². The maximum atomic E-state index is 12.7. The normalized spacial score (nSPS) is 10.7. The fourth-order valence-corrected chi connectivity index (χ4v) is 3.73. The zero-order valence-electron chi connectivity index (χ0n) is 18.6. The van der Waals surface area contributed by atoms with Crippen LogP contribution >= 0.6 is 0 Å². The van der Waals surface area contributed by atoms with Gasteiger partial charge in [0.2, 0.25) is 0 Å². The summed E-state index contributed by atoms with van der Waals surface area (Å²) in [4.78, 5) is 12.7. The predicted octanol–water partition coefficient (Wildman–Crippen LogP) is 6.49. The van der Waals surface area contributed by atoms with E-state index in [1.165, 1.54) is 5.56 Å². The molecule has 0 aliphatic rings. The molecule has 0 aliphatic heterocycles. The van der Waals surface area contributed by atoms with Gasteiger partial charge in [0, 0.05) is 16.9 Å². The van der Waals surface area contributed by atoms with Crippen LogP contribution in [0.1, 0.15) is 40.7 Å². The van der Waals surface area contributed by atoms with Crippen LogP contribution < -0.4 is 10.1 Å². The standard InChI is InChI=1S/C27H27N3O2/c1-4-8-26-19(2)29-30(20(26)3)23-15-11-21(12-16-23)27(31)28-22-13-17-25(18-14-22)32-24-9-6-5-7-10-24/h5-7,9-18H,4,8H2,1-3H3,(H,28,31). The molecule has 0 saturated carbocycles. The molecule has 0 radical (unpaired) electrons. The number of aryl methyl sites for hydroxylation is 1. The lowest BCUT2D eigenvalue weighted by molar-refractivity contribution is 0.102. The zero-order chi connectivity index (χ0) is 22.5. The van der Waals surface area contributed by atoms with Crippen LogP contribution in [0.25, 0.3) is 5.69 Å². The highest BCUT2D eigenvalue weighted by Crippen LogP contribution is 2.23. The van der Waals surface area contributed by atoms with Crippen molar-refractivity contribution >= 4 is 11.6 Å². The molecule has 162 valence electrons. The van der Waals surface area contributed by atoms with Crippen molar-refractivity contribution in [3.8, 4) is 17.2 Å². The minimum absolute atomic E-state index is 0.159. The third-order valence-corrected chi connectivity index (χ3v) is 5.41. The number of nitrogens with one attached hydrogen (secondary N) is 1. The summed E-state index contributed by atoms with van der Waals surface area (Å²) in [5.41, 5.74) is 5.77. The minimum atomic E-state index is -0.159. The molecule has 3 aromatic carbocycles. The van der Waals surface area contributed by atoms with Gasteiger partial charge in [-0.25, -0.2) is 4.68 Å². The van der Waals surface area contributed by atoms with E-state index in [0.29, 0.717) is 17.0 Å². The number of amides is 1. The second-order valence-corrected chi connectivity index (χ2v) is 7.75. The Kier molecular flexibility index (Phi) is 6.36. The number of nitrogens with zero attached hydrogens (tertiary/aromatic N) is 2. The summed E-state index contributed by atoms with van der Waals surface area (Å²) >= 11 is 0. The summed E-state index contributed by atoms with van der Waals surface area (Å²) in [6.07, 6.45) is 2.11. The Morgan fingerprint density at radius 3 is 2.22 bits per heavy atom. The average molecular weight is 426 g/mol. The number of anilines is 1. The molecule has 1 N–H and O–H groups in total. The lowest BCUT2D eigenvalue weighted by Crippen LogP contribution is -2.12. The summed E-state index contributed by atoms with van der Waals surface area (Å²) in [5.74, 6) is 1.33. The summed E-state index contributed by atoms with van der Waals surface area (Å²) in [6.45, 7) is 6.32. The van der Waals surface area contributed by atoms with E-state index in [1.807, 2.05) is 90.5 Å². The summed E-state index contributed by atoms with van der Waals surface area (Å²) in [6, 6.07) is 24.4. The van der Waals surface area contributed by atoms with Crippen LogP contribution in [-0.2, 0) is 6.42 Å². The van der Waals surface area contributed by atoms with Crippen molar-refractivity contribution in [1.29, 1.82) is 0 Å². The van der Waals surface area contributed by atoms with Gasteiger partial charge in [-0.2, -0.15) is 5.10 Å². The molecule has 5 nitrogen and oxygen atoms in total. The number of hydrogen-bond acceptors (Lipinski definition) is 3. The van der Waals surface area contributed by atoms with E-state index in [-0.39, 0.29) is 5.91 Å². The van der Waals surface area contributed by atoms with Crippen molar-refractivity contribution in [2.45, 2.75) is 33.6 Å². The third-order valence-electron chi connectivity index (χ3n) is 5.41. The first kappa shape index (κ1) is 21.4. The van der Waals surface area contributed by atoms with E-state index in [9.17, 15) is 4.79 Å². The third kappa shape index (κ3) is 4.72. The van der Waals surface area contributed by atoms with Crippen LogP contribution in [0.3, 0.4) is 0 Å². The number of carbonyl (C=O) groups excluding carboxylic acids is 1. The van der Waals surface area contributed by atoms with Gasteiger partial charge in [0.1, 0.15) is 11.5 Å². The molecule has 0 spiro atoms. The highest BCUT2D eigenvalue weighted by atomic mass is 16.5. The summed E-state index contributed by atoms with van der Waals surface area (Å²) in [7, 11) is 0. The van der Waals surface area contributed by atoms with Crippen LogP contribution in [0.5, 0.6) is 11.5 Å². The molecule has 1 heterocycles. The molecule has 5 heteroatoms. The van der Waals surface area contributed by atoms with E-state index in [1.54, 1.807) is 0 Å². The fourth-order valence-electron chi connectivity index (χ4n) is 3.73. The van der Waals surface area contributed by atoms with Crippen LogP contribution in [0, 0.1) is 13.8 Å². The van der Waals surface area contributed by atoms with Gasteiger partial charge in [-0.15, -0.1) is 0 Å². The lowest BCUT2D eigenvalue weighted by Gasteiger charge is -2.09. The Hall–Kier alpha value is -3.86. The van der Waals surface area contributed by atoms with E-state index in [4.69, 9.17) is 4.74 Å². The Bertz CT molecular complexity index is 1190. The van der Waals surface area contributed by atoms with Crippen LogP contribution in [-0.4, -0.2) is 15.7 Å². The number of para-hydroxylation sites is 1. The molecular formula is C27H27N3O2. The predicted molar refractivity (Wildman–Crippen MR) is 128 cm³/mol. The number of ether oxygens (including phenoxy) is 1. The van der Waals surface area contributed by atoms with Gasteiger partial charge in [-0.3, -0.25) is 4.79 Å². The molecule has 1 amide bonds. The fraction of sp³-hybridized carbons (Fsp3) is 0.185. The SMILES string of the molecule is CCCc1c(C)nn(-c2ccc(C(=O)Nc3ccc(Oc4ccccc4)cc3)cc2)c1C. The maximum Gasteiger partial charge on any atom is 0.255 e. The van der Waals surface area contributed by atoms with Gasteiger partial charge in [-0.1, -0.05) is 31.5 Å². The smallest absolute Gasteiger partial charge is 0.255 e. The number of carbonyl (C=O) groups is 1. The summed E-state index contributed by atoms with van der Waals surface area (Å²) in [5, 5.41) is 7.62. The minimum Gasteiger partial charge on any atom is -0.457 e. The van der Waals surface area contributed by atoms with Gasteiger partial charge in [0.25, 0.3) is 5.91 Å². The van der Waals surface area contributed by atoms with E-state index in [2.05, 4.69) is 24.3 Å². The molecular weight excluding hydrogens is 398 g/mol. The maximum absolute atomic E-state index is 12.7. The topological polar surface area (TPSA) is 56.2 Å². The van der Waals surface area contributed by atoms with Gasteiger partial charge in [-0.05, 0) is 86.5 Å². The number of benzene rings is 3. The number of aromatic nitrogens is 2. The zero-order valence-corrected chi connectivity index (χ0v) is 18.6. The molecule has 1 aromatic heterocycles. The second kappa shape index (κ2) is 9.52. The largest absolute Gasteiger partial charge is 0.457 e. The monoisotopic (exact) mass is 425 g/mol. The first-order chi connectivity index (χ1) is 15.5. The molecule has 0 fully saturated rings. The Balaban J connectivity index is 1.42. The average Bonchev–Trinajstić information content (AvgIpc) is 3.10. The highest BCUT2D eigenvalue weighted by molar-refractivity contribution is 6.04. The number of hydrogen-bond donors (Lipinski definition) is 1. The Morgan fingerprint density at radius 2 is 1.56 bits per heavy atom. The van der Waals surface area contributed by atoms with Crippen molar-refractivity contribution < 1.29 is 9.53 Å². The molecule has 0 unspecified atom stereocenters. The lowest BCUT2D eigenvalue weighted by atomic mass is 10.1. The van der Waals surface area contributed by atoms with Gasteiger partial charge < -0.3 is 10.1 Å². The highest BCUT2D eigenvalue weighted by Gasteiger charge is 2.13. The first-order valence-corrected chi connectivity index (χ1v) is 10.8. The molecule has 4 aromatic rings. The molecule has 0 bridgehead atoms. The van der Waals surface area contributed by atoms with Crippen LogP contribution in [0.15, 0.2) is 78.9 Å². The first-order valence-electron chi connectivity index (χ1n) is 10.8. The molecule has 0 saturated heterocycles. The van der Waals surface area contributed by atoms with E-state index >= 15 is 0 Å². The van der Waals surface area contributed by atoms with Crippen molar-refractivity contribution in [1.82, 2.24) is 9.78 Å². The van der Waals surface area contributed by atoms with E-state index in [0.717, 1.165) is 35.7 Å². The number of rotatable bonds is 7. The Morgan fingerprint density at radius 1 is 0.906 bits per heavy atom. The van der Waals surface area contributed by atoms with E-state index < -0.39 is 0 Å². The van der Waals surface area contributed by atoms with Crippen molar-refractivity contribution in [3.05, 3.63) is 101 Å².